The van der Waals surface area contributed by atoms with Gasteiger partial charge < -0.3 is 10.2 Å². The number of hydrogen-bond donors (Lipinski definition) is 1. The van der Waals surface area contributed by atoms with Crippen molar-refractivity contribution in [2.45, 2.75) is 35.5 Å². The quantitative estimate of drug-likeness (QED) is 0.575. The topological polar surface area (TPSA) is 84.3 Å². The van der Waals surface area contributed by atoms with Crippen LogP contribution >= 0.6 is 0 Å². The lowest BCUT2D eigenvalue weighted by atomic mass is 9.97. The van der Waals surface area contributed by atoms with Crippen molar-refractivity contribution in [2.75, 3.05) is 17.3 Å². The highest BCUT2D eigenvalue weighted by molar-refractivity contribution is 7.92. The molecule has 0 saturated heterocycles. The number of fused-ring (bicyclic) bond motifs is 2. The zero-order valence-corrected chi connectivity index (χ0v) is 19.5. The molecule has 0 radical (unpaired) electrons. The number of allylic oxidation sites excluding steroid dienone is 1. The maximum Gasteiger partial charge on any atom is 0.257 e. The summed E-state index contributed by atoms with van der Waals surface area (Å²) in [5.41, 5.74) is 2.42. The molecule has 33 heavy (non-hydrogen) atoms. The van der Waals surface area contributed by atoms with E-state index in [1.807, 2.05) is 30.2 Å². The van der Waals surface area contributed by atoms with E-state index in [1.54, 1.807) is 54.3 Å². The van der Waals surface area contributed by atoms with Crippen molar-refractivity contribution in [3.63, 3.8) is 0 Å². The van der Waals surface area contributed by atoms with Gasteiger partial charge in [-0.15, -0.1) is 0 Å². The van der Waals surface area contributed by atoms with Gasteiger partial charge in [0.1, 0.15) is 0 Å². The van der Waals surface area contributed by atoms with Crippen LogP contribution in [0.4, 0.5) is 17.2 Å². The molecule has 2 aliphatic rings. The average molecular weight is 463 g/mol. The number of rotatable bonds is 4. The maximum atomic E-state index is 13.3. The SMILES string of the molecule is CN1c2ccccc2S(=O)(=O)c2ccc(/C(=C\C3CCCC3)C(=O)Nc3ccn(C)n3)cc21. The van der Waals surface area contributed by atoms with Crippen LogP contribution in [-0.4, -0.2) is 31.2 Å². The molecule has 1 aliphatic carbocycles. The summed E-state index contributed by atoms with van der Waals surface area (Å²) in [7, 11) is 0.00621. The highest BCUT2D eigenvalue weighted by Crippen LogP contribution is 2.44. The molecule has 2 heterocycles. The Bertz CT molecular complexity index is 1370. The summed E-state index contributed by atoms with van der Waals surface area (Å²) in [4.78, 5) is 15.7. The molecule has 5 rings (SSSR count). The van der Waals surface area contributed by atoms with Gasteiger partial charge in [-0.1, -0.05) is 37.1 Å². The molecule has 1 amide bonds. The number of carbonyl (C=O) groups is 1. The van der Waals surface area contributed by atoms with Crippen molar-refractivity contribution in [3.05, 3.63) is 66.4 Å². The molecule has 0 atom stereocenters. The van der Waals surface area contributed by atoms with Crippen LogP contribution in [0.15, 0.2) is 70.6 Å². The lowest BCUT2D eigenvalue weighted by molar-refractivity contribution is -0.111. The molecule has 0 bridgehead atoms. The second-order valence-corrected chi connectivity index (χ2v) is 10.6. The Hall–Kier alpha value is -3.39. The number of hydrogen-bond acceptors (Lipinski definition) is 5. The lowest BCUT2D eigenvalue weighted by Crippen LogP contribution is -2.23. The van der Waals surface area contributed by atoms with Gasteiger partial charge in [0.25, 0.3) is 5.91 Å². The fraction of sp³-hybridized carbons (Fsp3) is 0.280. The standard InChI is InChI=1S/C25H26N4O3S/c1-28-14-13-24(27-28)26-25(30)19(15-17-7-3-4-8-17)18-11-12-23-21(16-18)29(2)20-9-5-6-10-22(20)33(23,31)32/h5-6,9-17H,3-4,7-8H2,1-2H3,(H,26,27,30)/b19-15+. The van der Waals surface area contributed by atoms with Crippen LogP contribution in [0.25, 0.3) is 5.57 Å². The van der Waals surface area contributed by atoms with Crippen molar-refractivity contribution in [2.24, 2.45) is 13.0 Å². The molecule has 8 heteroatoms. The van der Waals surface area contributed by atoms with Crippen LogP contribution < -0.4 is 10.2 Å². The van der Waals surface area contributed by atoms with Gasteiger partial charge in [0.05, 0.1) is 21.2 Å². The highest BCUT2D eigenvalue weighted by atomic mass is 32.2. The first-order valence-corrected chi connectivity index (χ1v) is 12.6. The minimum absolute atomic E-state index is 0.248. The number of anilines is 3. The number of aromatic nitrogens is 2. The van der Waals surface area contributed by atoms with Gasteiger partial charge in [-0.25, -0.2) is 8.42 Å². The average Bonchev–Trinajstić information content (AvgIpc) is 3.47. The Morgan fingerprint density at radius 1 is 1.03 bits per heavy atom. The molecule has 0 spiro atoms. The normalized spacial score (nSPS) is 17.5. The van der Waals surface area contributed by atoms with Crippen molar-refractivity contribution in [3.8, 4) is 0 Å². The second kappa shape index (κ2) is 8.19. The van der Waals surface area contributed by atoms with Crippen LogP contribution in [0, 0.1) is 5.92 Å². The smallest absolute Gasteiger partial charge is 0.257 e. The first-order valence-electron chi connectivity index (χ1n) is 11.1. The predicted octanol–water partition coefficient (Wildman–Crippen LogP) is 4.55. The Labute approximate surface area is 193 Å². The second-order valence-electron chi connectivity index (χ2n) is 8.67. The van der Waals surface area contributed by atoms with Gasteiger partial charge in [0, 0.05) is 31.9 Å². The molecule has 0 unspecified atom stereocenters. The molecule has 1 aliphatic heterocycles. The summed E-state index contributed by atoms with van der Waals surface area (Å²) in [5, 5.41) is 7.14. The summed E-state index contributed by atoms with van der Waals surface area (Å²) in [6.45, 7) is 0. The number of nitrogens with zero attached hydrogens (tertiary/aromatic N) is 3. The molecule has 170 valence electrons. The Balaban J connectivity index is 1.58. The van der Waals surface area contributed by atoms with Crippen LogP contribution in [0.5, 0.6) is 0 Å². The number of aryl methyl sites for hydroxylation is 1. The zero-order valence-electron chi connectivity index (χ0n) is 18.7. The van der Waals surface area contributed by atoms with Gasteiger partial charge in [-0.2, -0.15) is 5.10 Å². The van der Waals surface area contributed by atoms with Gasteiger partial charge >= 0.3 is 0 Å². The molecule has 1 fully saturated rings. The molecular weight excluding hydrogens is 436 g/mol. The number of amides is 1. The molecule has 7 nitrogen and oxygen atoms in total. The Morgan fingerprint density at radius 3 is 2.48 bits per heavy atom. The molecule has 1 aromatic heterocycles. The van der Waals surface area contributed by atoms with Crippen molar-refractivity contribution in [1.29, 1.82) is 0 Å². The van der Waals surface area contributed by atoms with Crippen LogP contribution in [0.2, 0.25) is 0 Å². The largest absolute Gasteiger partial charge is 0.342 e. The molecular formula is C25H26N4O3S. The highest BCUT2D eigenvalue weighted by Gasteiger charge is 2.33. The van der Waals surface area contributed by atoms with E-state index in [-0.39, 0.29) is 10.8 Å². The van der Waals surface area contributed by atoms with Crippen LogP contribution in [0.1, 0.15) is 31.2 Å². The predicted molar refractivity (Wildman–Crippen MR) is 128 cm³/mol. The summed E-state index contributed by atoms with van der Waals surface area (Å²) < 4.78 is 28.1. The number of carbonyl (C=O) groups excluding carboxylic acids is 1. The Morgan fingerprint density at radius 2 is 1.76 bits per heavy atom. The first-order chi connectivity index (χ1) is 15.8. The number of nitrogens with one attached hydrogen (secondary N) is 1. The van der Waals surface area contributed by atoms with Crippen molar-refractivity contribution >= 4 is 38.5 Å². The van der Waals surface area contributed by atoms with Gasteiger partial charge in [-0.3, -0.25) is 9.48 Å². The fourth-order valence-corrected chi connectivity index (χ4v) is 6.41. The molecule has 2 aromatic carbocycles. The minimum Gasteiger partial charge on any atom is -0.342 e. The van der Waals surface area contributed by atoms with E-state index in [1.165, 1.54) is 0 Å². The third kappa shape index (κ3) is 3.84. The van der Waals surface area contributed by atoms with E-state index in [0.717, 1.165) is 25.7 Å². The van der Waals surface area contributed by atoms with Crippen molar-refractivity contribution < 1.29 is 13.2 Å². The number of benzene rings is 2. The van der Waals surface area contributed by atoms with Gasteiger partial charge in [-0.05, 0) is 48.6 Å². The van der Waals surface area contributed by atoms with E-state index >= 15 is 0 Å². The summed E-state index contributed by atoms with van der Waals surface area (Å²) in [6, 6.07) is 13.9. The van der Waals surface area contributed by atoms with Crippen LogP contribution in [-0.2, 0) is 21.7 Å². The summed E-state index contributed by atoms with van der Waals surface area (Å²) in [5.74, 6) is 0.557. The van der Waals surface area contributed by atoms with Crippen molar-refractivity contribution in [1.82, 2.24) is 9.78 Å². The Kier molecular flexibility index (Phi) is 5.32. The number of para-hydroxylation sites is 1. The van der Waals surface area contributed by atoms with Gasteiger partial charge in [0.15, 0.2) is 5.82 Å². The fourth-order valence-electron chi connectivity index (χ4n) is 4.71. The number of sulfone groups is 1. The van der Waals surface area contributed by atoms with E-state index in [9.17, 15) is 13.2 Å². The van der Waals surface area contributed by atoms with E-state index in [2.05, 4.69) is 10.4 Å². The third-order valence-corrected chi connectivity index (χ3v) is 8.29. The monoisotopic (exact) mass is 462 g/mol. The third-order valence-electron chi connectivity index (χ3n) is 6.44. The summed E-state index contributed by atoms with van der Waals surface area (Å²) in [6.07, 6.45) is 8.21. The molecule has 1 saturated carbocycles. The zero-order chi connectivity index (χ0) is 23.2. The van der Waals surface area contributed by atoms with Gasteiger partial charge in [0.2, 0.25) is 9.84 Å². The lowest BCUT2D eigenvalue weighted by Gasteiger charge is -2.30. The first kappa shape index (κ1) is 21.5. The molecule has 1 N–H and O–H groups in total. The van der Waals surface area contributed by atoms with E-state index in [0.29, 0.717) is 39.1 Å². The van der Waals surface area contributed by atoms with Crippen LogP contribution in [0.3, 0.4) is 0 Å². The summed E-state index contributed by atoms with van der Waals surface area (Å²) >= 11 is 0. The van der Waals surface area contributed by atoms with E-state index in [4.69, 9.17) is 0 Å². The maximum absolute atomic E-state index is 13.3. The van der Waals surface area contributed by atoms with E-state index < -0.39 is 9.84 Å². The molecule has 3 aromatic rings. The minimum atomic E-state index is -3.64.